The molecule has 8 nitrogen and oxygen atoms in total. The molecule has 1 aromatic heterocycles. The van der Waals surface area contributed by atoms with E-state index in [4.69, 9.17) is 16.1 Å². The van der Waals surface area contributed by atoms with E-state index >= 15 is 0 Å². The number of carbonyl (C=O) groups is 1. The number of guanidine groups is 1. The summed E-state index contributed by atoms with van der Waals surface area (Å²) in [6, 6.07) is 7.46. The van der Waals surface area contributed by atoms with Crippen LogP contribution in [0.15, 0.2) is 33.8 Å². The Morgan fingerprint density at radius 2 is 2.03 bits per heavy atom. The maximum Gasteiger partial charge on any atom is 0.228 e. The number of hydrogen-bond acceptors (Lipinski definition) is 5. The van der Waals surface area contributed by atoms with Crippen molar-refractivity contribution in [3.05, 3.63) is 46.6 Å². The summed E-state index contributed by atoms with van der Waals surface area (Å²) < 4.78 is 5.13. The van der Waals surface area contributed by atoms with E-state index in [1.54, 1.807) is 6.92 Å². The first-order valence-electron chi connectivity index (χ1n) is 9.90. The molecular formula is C20H27ClN6O2. The summed E-state index contributed by atoms with van der Waals surface area (Å²) in [5.74, 6) is 2.21. The highest BCUT2D eigenvalue weighted by Gasteiger charge is 2.23. The van der Waals surface area contributed by atoms with Gasteiger partial charge in [-0.1, -0.05) is 28.9 Å². The topological polar surface area (TPSA) is 86.9 Å². The van der Waals surface area contributed by atoms with Crippen molar-refractivity contribution in [3.8, 4) is 0 Å². The van der Waals surface area contributed by atoms with Crippen LogP contribution < -0.4 is 5.32 Å². The molecule has 0 aliphatic carbocycles. The number of halogens is 1. The predicted molar refractivity (Wildman–Crippen MR) is 112 cm³/mol. The lowest BCUT2D eigenvalue weighted by molar-refractivity contribution is -0.131. The van der Waals surface area contributed by atoms with Gasteiger partial charge in [-0.3, -0.25) is 9.79 Å². The Hall–Kier alpha value is -2.61. The summed E-state index contributed by atoms with van der Waals surface area (Å²) in [5, 5.41) is 7.77. The van der Waals surface area contributed by atoms with Gasteiger partial charge in [0.05, 0.1) is 13.0 Å². The van der Waals surface area contributed by atoms with Crippen LogP contribution in [0, 0.1) is 6.92 Å². The summed E-state index contributed by atoms with van der Waals surface area (Å²) in [4.78, 5) is 25.6. The average molecular weight is 419 g/mol. The van der Waals surface area contributed by atoms with Crippen LogP contribution in [0.2, 0.25) is 5.02 Å². The smallest absolute Gasteiger partial charge is 0.228 e. The van der Waals surface area contributed by atoms with Crippen molar-refractivity contribution < 1.29 is 9.32 Å². The Morgan fingerprint density at radius 1 is 1.28 bits per heavy atom. The van der Waals surface area contributed by atoms with Gasteiger partial charge < -0.3 is 19.6 Å². The third-order valence-corrected chi connectivity index (χ3v) is 4.90. The van der Waals surface area contributed by atoms with Crippen LogP contribution in [-0.4, -0.2) is 71.1 Å². The number of hydrogen-bond donors (Lipinski definition) is 1. The van der Waals surface area contributed by atoms with E-state index in [2.05, 4.69) is 25.3 Å². The van der Waals surface area contributed by atoms with Crippen LogP contribution >= 0.6 is 11.6 Å². The van der Waals surface area contributed by atoms with Crippen molar-refractivity contribution in [2.75, 3.05) is 39.3 Å². The predicted octanol–water partition coefficient (Wildman–Crippen LogP) is 1.93. The molecule has 3 rings (SSSR count). The Bertz CT molecular complexity index is 845. The van der Waals surface area contributed by atoms with E-state index in [9.17, 15) is 4.79 Å². The summed E-state index contributed by atoms with van der Waals surface area (Å²) in [6.07, 6.45) is 0.978. The van der Waals surface area contributed by atoms with Crippen molar-refractivity contribution in [1.82, 2.24) is 25.3 Å². The molecule has 156 valence electrons. The fraction of sp³-hybridized carbons (Fsp3) is 0.500. The van der Waals surface area contributed by atoms with Crippen molar-refractivity contribution in [2.24, 2.45) is 4.99 Å². The number of rotatable bonds is 6. The first-order chi connectivity index (χ1) is 14.0. The van der Waals surface area contributed by atoms with E-state index < -0.39 is 0 Å². The molecule has 0 radical (unpaired) electrons. The second kappa shape index (κ2) is 10.2. The van der Waals surface area contributed by atoms with Gasteiger partial charge in [-0.2, -0.15) is 4.98 Å². The first-order valence-corrected chi connectivity index (χ1v) is 10.3. The maximum absolute atomic E-state index is 12.6. The van der Waals surface area contributed by atoms with Crippen LogP contribution in [0.3, 0.4) is 0 Å². The zero-order valence-electron chi connectivity index (χ0n) is 16.9. The highest BCUT2D eigenvalue weighted by atomic mass is 35.5. The number of nitrogens with one attached hydrogen (secondary N) is 1. The van der Waals surface area contributed by atoms with Crippen LogP contribution in [0.25, 0.3) is 0 Å². The van der Waals surface area contributed by atoms with E-state index in [1.165, 1.54) is 0 Å². The van der Waals surface area contributed by atoms with Crippen molar-refractivity contribution in [2.45, 2.75) is 26.7 Å². The number of carbonyl (C=O) groups excluding carboxylic acids is 1. The van der Waals surface area contributed by atoms with Crippen LogP contribution in [0.5, 0.6) is 0 Å². The molecule has 1 aromatic carbocycles. The second-order valence-corrected chi connectivity index (χ2v) is 7.33. The Kier molecular flexibility index (Phi) is 7.46. The molecule has 1 N–H and O–H groups in total. The highest BCUT2D eigenvalue weighted by Crippen LogP contribution is 2.13. The number of aryl methyl sites for hydroxylation is 1. The third kappa shape index (κ3) is 6.19. The lowest BCUT2D eigenvalue weighted by atomic mass is 10.1. The van der Waals surface area contributed by atoms with Crippen LogP contribution in [0.1, 0.15) is 24.2 Å². The molecular weight excluding hydrogens is 392 g/mol. The number of aliphatic imine (C=N–C) groups is 1. The second-order valence-electron chi connectivity index (χ2n) is 6.90. The minimum Gasteiger partial charge on any atom is -0.357 e. The number of aromatic nitrogens is 2. The molecule has 1 amide bonds. The summed E-state index contributed by atoms with van der Waals surface area (Å²) in [5.41, 5.74) is 0.941. The van der Waals surface area contributed by atoms with Crippen molar-refractivity contribution >= 4 is 23.5 Å². The molecule has 0 unspecified atom stereocenters. The minimum absolute atomic E-state index is 0.126. The SMILES string of the molecule is CCNC(=NCCc1nc(C)no1)N1CCN(C(=O)Cc2cccc(Cl)c2)CC1. The van der Waals surface area contributed by atoms with E-state index in [-0.39, 0.29) is 5.91 Å². The molecule has 9 heteroatoms. The quantitative estimate of drug-likeness (QED) is 0.569. The fourth-order valence-electron chi connectivity index (χ4n) is 3.23. The molecule has 1 fully saturated rings. The zero-order chi connectivity index (χ0) is 20.6. The lowest BCUT2D eigenvalue weighted by Gasteiger charge is -2.36. The largest absolute Gasteiger partial charge is 0.357 e. The first kappa shape index (κ1) is 21.1. The fourth-order valence-corrected chi connectivity index (χ4v) is 3.44. The van der Waals surface area contributed by atoms with Gasteiger partial charge in [-0.25, -0.2) is 0 Å². The van der Waals surface area contributed by atoms with Gasteiger partial charge >= 0.3 is 0 Å². The number of benzene rings is 1. The van der Waals surface area contributed by atoms with Gasteiger partial charge in [0.25, 0.3) is 0 Å². The van der Waals surface area contributed by atoms with E-state index in [0.717, 1.165) is 31.2 Å². The average Bonchev–Trinajstić information content (AvgIpc) is 3.12. The summed E-state index contributed by atoms with van der Waals surface area (Å²) in [6.45, 7) is 8.03. The third-order valence-electron chi connectivity index (χ3n) is 4.67. The van der Waals surface area contributed by atoms with Crippen molar-refractivity contribution in [1.29, 1.82) is 0 Å². The zero-order valence-corrected chi connectivity index (χ0v) is 17.7. The molecule has 29 heavy (non-hydrogen) atoms. The molecule has 0 atom stereocenters. The van der Waals surface area contributed by atoms with Gasteiger partial charge in [0.2, 0.25) is 11.8 Å². The summed E-state index contributed by atoms with van der Waals surface area (Å²) >= 11 is 6.01. The van der Waals surface area contributed by atoms with Gasteiger partial charge in [0.1, 0.15) is 0 Å². The summed E-state index contributed by atoms with van der Waals surface area (Å²) in [7, 11) is 0. The minimum atomic E-state index is 0.126. The van der Waals surface area contributed by atoms with Crippen LogP contribution in [0.4, 0.5) is 0 Å². The van der Waals surface area contributed by atoms with Gasteiger partial charge in [-0.15, -0.1) is 0 Å². The van der Waals surface area contributed by atoms with Gasteiger partial charge in [0.15, 0.2) is 11.8 Å². The molecule has 0 bridgehead atoms. The highest BCUT2D eigenvalue weighted by molar-refractivity contribution is 6.30. The van der Waals surface area contributed by atoms with E-state index in [0.29, 0.717) is 49.2 Å². The molecule has 2 heterocycles. The van der Waals surface area contributed by atoms with Gasteiger partial charge in [-0.05, 0) is 31.5 Å². The monoisotopic (exact) mass is 418 g/mol. The lowest BCUT2D eigenvalue weighted by Crippen LogP contribution is -2.54. The van der Waals surface area contributed by atoms with Crippen molar-refractivity contribution in [3.63, 3.8) is 0 Å². The Labute approximate surface area is 175 Å². The Balaban J connectivity index is 1.51. The normalized spacial score (nSPS) is 14.9. The van der Waals surface area contributed by atoms with Gasteiger partial charge in [0, 0.05) is 44.2 Å². The maximum atomic E-state index is 12.6. The Morgan fingerprint density at radius 3 is 2.69 bits per heavy atom. The standard InChI is InChI=1S/C20H27ClN6O2/c1-3-22-20(23-8-7-18-24-15(2)25-29-18)27-11-9-26(10-12-27)19(28)14-16-5-4-6-17(21)13-16/h4-6,13H,3,7-12,14H2,1-2H3,(H,22,23). The molecule has 1 aliphatic rings. The number of piperazine rings is 1. The molecule has 0 saturated carbocycles. The molecule has 1 aliphatic heterocycles. The molecule has 1 saturated heterocycles. The number of nitrogens with zero attached hydrogens (tertiary/aromatic N) is 5. The number of amides is 1. The van der Waals surface area contributed by atoms with E-state index in [1.807, 2.05) is 36.1 Å². The van der Waals surface area contributed by atoms with Crippen LogP contribution in [-0.2, 0) is 17.6 Å². The molecule has 0 spiro atoms. The molecule has 2 aromatic rings.